The van der Waals surface area contributed by atoms with Gasteiger partial charge >= 0.3 is 11.9 Å². The van der Waals surface area contributed by atoms with Crippen molar-refractivity contribution in [2.75, 3.05) is 39.4 Å². The molecule has 2 aliphatic rings. The normalized spacial score (nSPS) is 16.5. The van der Waals surface area contributed by atoms with Crippen LogP contribution in [0.4, 0.5) is 0 Å². The minimum atomic E-state index is -1.30. The van der Waals surface area contributed by atoms with Gasteiger partial charge in [-0.05, 0) is 167 Å². The van der Waals surface area contributed by atoms with Gasteiger partial charge in [0.05, 0.1) is 13.2 Å². The van der Waals surface area contributed by atoms with Crippen LogP contribution in [0.25, 0.3) is 0 Å². The molecule has 0 aromatic heterocycles. The molecule has 1 saturated carbocycles. The van der Waals surface area contributed by atoms with Gasteiger partial charge in [-0.2, -0.15) is 0 Å². The van der Waals surface area contributed by atoms with Gasteiger partial charge in [0.2, 0.25) is 11.8 Å². The lowest BCUT2D eigenvalue weighted by Crippen LogP contribution is -2.65. The Labute approximate surface area is 470 Å². The van der Waals surface area contributed by atoms with Crippen LogP contribution in [-0.4, -0.2) is 84.0 Å². The molecule has 1 N–H and O–H groups in total. The molecule has 430 valence electrons. The predicted octanol–water partition coefficient (Wildman–Crippen LogP) is 15.9. The zero-order valence-electron chi connectivity index (χ0n) is 49.6. The van der Waals surface area contributed by atoms with E-state index in [-0.39, 0.29) is 55.9 Å². The second kappa shape index (κ2) is 45.1. The number of nitrogens with zero attached hydrogens (tertiary/aromatic N) is 2. The molecule has 2 unspecified atom stereocenters. The van der Waals surface area contributed by atoms with Crippen molar-refractivity contribution in [3.63, 3.8) is 0 Å². The van der Waals surface area contributed by atoms with E-state index < -0.39 is 11.1 Å². The molecule has 0 spiro atoms. The minimum Gasteiger partial charge on any atom is -0.466 e. The van der Waals surface area contributed by atoms with E-state index in [4.69, 9.17) is 9.47 Å². The molecule has 0 aromatic carbocycles. The number of carbonyl (C=O) groups excluding carboxylic acids is 4. The Balaban J connectivity index is 2.34. The number of fused-ring (bicyclic) bond motifs is 2. The summed E-state index contributed by atoms with van der Waals surface area (Å²) in [5.74, 6) is 12.5. The Hall–Kier alpha value is -4.86. The maximum atomic E-state index is 15.7. The summed E-state index contributed by atoms with van der Waals surface area (Å²) >= 11 is 0. The summed E-state index contributed by atoms with van der Waals surface area (Å²) in [6, 6.07) is 0. The average Bonchev–Trinajstić information content (AvgIpc) is 3.72. The fraction of sp³-hybridized carbons (Fsp3) is 0.676. The van der Waals surface area contributed by atoms with Crippen LogP contribution in [-0.2, 0) is 28.7 Å². The summed E-state index contributed by atoms with van der Waals surface area (Å²) in [7, 11) is 0. The van der Waals surface area contributed by atoms with Crippen molar-refractivity contribution < 1.29 is 28.7 Å². The lowest BCUT2D eigenvalue weighted by atomic mass is 9.76. The number of hydrogen-bond acceptors (Lipinski definition) is 7. The van der Waals surface area contributed by atoms with E-state index >= 15 is 9.59 Å². The molecule has 1 fully saturated rings. The number of esters is 2. The van der Waals surface area contributed by atoms with Crippen LogP contribution in [0.2, 0.25) is 0 Å². The van der Waals surface area contributed by atoms with Gasteiger partial charge in [-0.3, -0.25) is 19.2 Å². The molecule has 0 heterocycles. The molecule has 2 atom stereocenters. The first kappa shape index (κ1) is 68.2. The van der Waals surface area contributed by atoms with E-state index in [2.05, 4.69) is 154 Å². The molecule has 2 rings (SSSR count). The summed E-state index contributed by atoms with van der Waals surface area (Å²) < 4.78 is 11.5. The number of nitrogens with one attached hydrogen (secondary N) is 1. The molecule has 2 amide bonds. The lowest BCUT2D eigenvalue weighted by Gasteiger charge is -2.47. The van der Waals surface area contributed by atoms with Gasteiger partial charge in [-0.15, -0.1) is 23.7 Å². The highest BCUT2D eigenvalue weighted by molar-refractivity contribution is 5.92. The van der Waals surface area contributed by atoms with Gasteiger partial charge in [0.25, 0.3) is 0 Å². The van der Waals surface area contributed by atoms with E-state index in [0.717, 1.165) is 161 Å². The second-order valence-electron chi connectivity index (χ2n) is 21.4. The molecular formula is C68H107N3O6. The molecule has 0 saturated heterocycles. The Morgan fingerprint density at radius 3 is 1.57 bits per heavy atom. The van der Waals surface area contributed by atoms with Gasteiger partial charge < -0.3 is 24.6 Å². The Morgan fingerprint density at radius 2 is 1.09 bits per heavy atom. The van der Waals surface area contributed by atoms with Gasteiger partial charge in [0.1, 0.15) is 5.54 Å². The molecule has 9 nitrogen and oxygen atoms in total. The fourth-order valence-corrected chi connectivity index (χ4v) is 10.3. The number of unbranched alkanes of at least 4 members (excludes halogenated alkanes) is 8. The SMILES string of the molecule is CC/C=C\C/C=C\C/C=C\C/C=C\C/C=C\C/C=C\CCC(=O)N(CCCN(CC)CC)C(CCCC(=O)OCCCCC#CCCCC)(CCCC(=O)OCCCCC#CCCCC)C(=O)NC12CC=C(CC(C)C1)C2. The highest BCUT2D eigenvalue weighted by atomic mass is 16.5. The van der Waals surface area contributed by atoms with Crippen LogP contribution < -0.4 is 5.32 Å². The Kier molecular flexibility index (Phi) is 39.9. The van der Waals surface area contributed by atoms with Gasteiger partial charge in [0, 0.05) is 57.0 Å². The molecule has 77 heavy (non-hydrogen) atoms. The lowest BCUT2D eigenvalue weighted by molar-refractivity contribution is -0.152. The molecule has 9 heteroatoms. The third-order valence-corrected chi connectivity index (χ3v) is 14.6. The first-order valence-corrected chi connectivity index (χ1v) is 30.7. The number of amides is 2. The summed E-state index contributed by atoms with van der Waals surface area (Å²) in [4.78, 5) is 61.7. The number of carbonyl (C=O) groups is 4. The number of hydrogen-bond donors (Lipinski definition) is 1. The van der Waals surface area contributed by atoms with Crippen LogP contribution in [0.1, 0.15) is 241 Å². The van der Waals surface area contributed by atoms with Crippen molar-refractivity contribution in [2.24, 2.45) is 5.92 Å². The number of ether oxygens (including phenoxy) is 2. The topological polar surface area (TPSA) is 105 Å². The van der Waals surface area contributed by atoms with Crippen LogP contribution in [0.15, 0.2) is 84.6 Å². The van der Waals surface area contributed by atoms with E-state index in [1.54, 1.807) is 0 Å². The van der Waals surface area contributed by atoms with Crippen molar-refractivity contribution >= 4 is 23.8 Å². The van der Waals surface area contributed by atoms with E-state index in [1.165, 1.54) is 5.57 Å². The predicted molar refractivity (Wildman–Crippen MR) is 323 cm³/mol. The Morgan fingerprint density at radius 1 is 0.610 bits per heavy atom. The maximum absolute atomic E-state index is 15.7. The van der Waals surface area contributed by atoms with Crippen molar-refractivity contribution in [3.05, 3.63) is 84.6 Å². The highest BCUT2D eigenvalue weighted by Gasteiger charge is 2.50. The molecule has 0 aliphatic heterocycles. The summed E-state index contributed by atoms with van der Waals surface area (Å²) in [5.41, 5.74) is -0.337. The van der Waals surface area contributed by atoms with Crippen LogP contribution in [0.3, 0.4) is 0 Å². The summed E-state index contributed by atoms with van der Waals surface area (Å²) in [6.45, 7) is 16.6. The van der Waals surface area contributed by atoms with Crippen LogP contribution in [0.5, 0.6) is 0 Å². The van der Waals surface area contributed by atoms with E-state index in [1.807, 2.05) is 4.90 Å². The zero-order valence-corrected chi connectivity index (χ0v) is 49.6. The monoisotopic (exact) mass is 1060 g/mol. The third-order valence-electron chi connectivity index (χ3n) is 14.6. The van der Waals surface area contributed by atoms with Crippen molar-refractivity contribution in [3.8, 4) is 23.7 Å². The quantitative estimate of drug-likeness (QED) is 0.0281. The molecule has 2 bridgehead atoms. The first-order valence-electron chi connectivity index (χ1n) is 30.7. The summed E-state index contributed by atoms with van der Waals surface area (Å²) in [6.07, 6.45) is 51.6. The van der Waals surface area contributed by atoms with E-state index in [0.29, 0.717) is 51.4 Å². The third kappa shape index (κ3) is 32.0. The minimum absolute atomic E-state index is 0.0836. The van der Waals surface area contributed by atoms with Crippen molar-refractivity contribution in [1.29, 1.82) is 0 Å². The molecule has 2 aliphatic carbocycles. The van der Waals surface area contributed by atoms with Crippen LogP contribution in [0, 0.1) is 29.6 Å². The van der Waals surface area contributed by atoms with E-state index in [9.17, 15) is 9.59 Å². The standard InChI is InChI=1S/C68H107N3O6/c1-7-12-15-18-21-24-25-26-27-28-29-30-31-32-33-34-35-38-41-47-63(72)71(55-46-54-70(10-4)11-5)68(66(75)69-67-53-50-62(60-67)58-61(6)59-67,51-44-48-64(73)76-56-42-39-36-22-19-16-13-8-2)52-45-49-65(74)77-57-43-40-37-23-20-17-14-9-3/h12,15,21,24,26-27,29-30,32-33,35,38,50,61H,7-11,13-14,16-18,25,28,31,34,36-37,39-49,51-60H2,1-6H3,(H,69,75)/b15-12-,24-21-,27-26-,30-29-,33-32-,38-35-. The molecule has 0 aromatic rings. The van der Waals surface area contributed by atoms with Gasteiger partial charge in [-0.25, -0.2) is 0 Å². The van der Waals surface area contributed by atoms with Gasteiger partial charge in [-0.1, -0.05) is 139 Å². The van der Waals surface area contributed by atoms with Crippen LogP contribution >= 0.6 is 0 Å². The second-order valence-corrected chi connectivity index (χ2v) is 21.4. The molecular weight excluding hydrogens is 955 g/mol. The molecule has 0 radical (unpaired) electrons. The fourth-order valence-electron chi connectivity index (χ4n) is 10.3. The van der Waals surface area contributed by atoms with Crippen molar-refractivity contribution in [2.45, 2.75) is 252 Å². The zero-order chi connectivity index (χ0) is 55.9. The number of allylic oxidation sites excluding steroid dienone is 12. The maximum Gasteiger partial charge on any atom is 0.305 e. The Bertz CT molecular complexity index is 1930. The highest BCUT2D eigenvalue weighted by Crippen LogP contribution is 2.44. The average molecular weight is 1060 g/mol. The summed E-state index contributed by atoms with van der Waals surface area (Å²) in [5, 5.41) is 3.61. The first-order chi connectivity index (χ1) is 37.6. The number of rotatable bonds is 43. The largest absolute Gasteiger partial charge is 0.466 e. The van der Waals surface area contributed by atoms with Crippen molar-refractivity contribution in [1.82, 2.24) is 15.1 Å². The van der Waals surface area contributed by atoms with Gasteiger partial charge in [0.15, 0.2) is 0 Å². The smallest absolute Gasteiger partial charge is 0.305 e.